The summed E-state index contributed by atoms with van der Waals surface area (Å²) in [6.45, 7) is 4.12. The first-order chi connectivity index (χ1) is 8.39. The maximum absolute atomic E-state index is 12.4. The first-order valence-electron chi connectivity index (χ1n) is 5.73. The van der Waals surface area contributed by atoms with E-state index >= 15 is 0 Å². The lowest BCUT2D eigenvalue weighted by Crippen LogP contribution is -2.37. The third-order valence-electron chi connectivity index (χ3n) is 2.51. The van der Waals surface area contributed by atoms with Crippen LogP contribution in [0.2, 0.25) is 5.02 Å². The first kappa shape index (κ1) is 15.8. The van der Waals surface area contributed by atoms with Crippen LogP contribution in [0, 0.1) is 0 Å². The van der Waals surface area contributed by atoms with E-state index in [-0.39, 0.29) is 10.9 Å². The molecule has 1 aromatic carbocycles. The standard InChI is InChI=1S/C12H17Cl2NO2S/c1-10(2)15(9-3-8-13)18(16,17)12-6-4-11(14)5-7-12/h4-7,10H,3,8-9H2,1-2H3. The van der Waals surface area contributed by atoms with Crippen molar-refractivity contribution in [2.45, 2.75) is 31.2 Å². The molecule has 0 saturated carbocycles. The molecule has 3 nitrogen and oxygen atoms in total. The predicted molar refractivity (Wildman–Crippen MR) is 75.8 cm³/mol. The van der Waals surface area contributed by atoms with E-state index in [2.05, 4.69) is 0 Å². The summed E-state index contributed by atoms with van der Waals surface area (Å²) in [7, 11) is -3.47. The molecule has 1 aromatic rings. The number of benzene rings is 1. The molecular weight excluding hydrogens is 293 g/mol. The van der Waals surface area contributed by atoms with Crippen LogP contribution in [0.3, 0.4) is 0 Å². The Bertz CT molecular complexity index is 471. The summed E-state index contributed by atoms with van der Waals surface area (Å²) in [5.41, 5.74) is 0. The molecule has 18 heavy (non-hydrogen) atoms. The van der Waals surface area contributed by atoms with Crippen LogP contribution in [-0.4, -0.2) is 31.2 Å². The number of halogens is 2. The summed E-state index contributed by atoms with van der Waals surface area (Å²) in [5.74, 6) is 0.444. The molecule has 0 aliphatic heterocycles. The summed E-state index contributed by atoms with van der Waals surface area (Å²) in [5, 5.41) is 0.519. The van der Waals surface area contributed by atoms with Crippen LogP contribution in [0.15, 0.2) is 29.2 Å². The zero-order valence-electron chi connectivity index (χ0n) is 10.4. The minimum absolute atomic E-state index is 0.103. The molecule has 0 aliphatic carbocycles. The van der Waals surface area contributed by atoms with Gasteiger partial charge in [0, 0.05) is 23.5 Å². The molecule has 0 unspecified atom stereocenters. The van der Waals surface area contributed by atoms with Gasteiger partial charge in [-0.15, -0.1) is 11.6 Å². The fourth-order valence-corrected chi connectivity index (χ4v) is 3.53. The number of sulfonamides is 1. The predicted octanol–water partition coefficient (Wildman–Crippen LogP) is 3.37. The second-order valence-corrected chi connectivity index (χ2v) is 6.91. The fourth-order valence-electron chi connectivity index (χ4n) is 1.61. The van der Waals surface area contributed by atoms with Crippen molar-refractivity contribution in [1.29, 1.82) is 0 Å². The van der Waals surface area contributed by atoms with E-state index in [9.17, 15) is 8.42 Å². The van der Waals surface area contributed by atoms with E-state index in [1.165, 1.54) is 16.4 Å². The van der Waals surface area contributed by atoms with Gasteiger partial charge in [0.05, 0.1) is 4.90 Å². The molecule has 102 valence electrons. The number of rotatable bonds is 6. The van der Waals surface area contributed by atoms with Gasteiger partial charge in [0.1, 0.15) is 0 Å². The van der Waals surface area contributed by atoms with Crippen molar-refractivity contribution >= 4 is 33.2 Å². The van der Waals surface area contributed by atoms with Gasteiger partial charge in [-0.2, -0.15) is 4.31 Å². The van der Waals surface area contributed by atoms with E-state index in [0.717, 1.165) is 0 Å². The number of hydrogen-bond donors (Lipinski definition) is 0. The van der Waals surface area contributed by atoms with Crippen molar-refractivity contribution in [1.82, 2.24) is 4.31 Å². The van der Waals surface area contributed by atoms with E-state index in [0.29, 0.717) is 23.9 Å². The molecule has 6 heteroatoms. The van der Waals surface area contributed by atoms with Crippen LogP contribution < -0.4 is 0 Å². The summed E-state index contributed by atoms with van der Waals surface area (Å²) in [6.07, 6.45) is 0.632. The van der Waals surface area contributed by atoms with Crippen LogP contribution in [0.25, 0.3) is 0 Å². The molecule has 0 aromatic heterocycles. The van der Waals surface area contributed by atoms with Gasteiger partial charge in [0.2, 0.25) is 10.0 Å². The molecule has 0 radical (unpaired) electrons. The molecule has 0 saturated heterocycles. The molecule has 1 rings (SSSR count). The van der Waals surface area contributed by atoms with Gasteiger partial charge in [0.25, 0.3) is 0 Å². The lowest BCUT2D eigenvalue weighted by atomic mass is 10.3. The quantitative estimate of drug-likeness (QED) is 0.756. The van der Waals surface area contributed by atoms with Crippen LogP contribution in [-0.2, 0) is 10.0 Å². The van der Waals surface area contributed by atoms with Gasteiger partial charge in [-0.1, -0.05) is 11.6 Å². The molecule has 0 N–H and O–H groups in total. The Balaban J connectivity index is 3.05. The van der Waals surface area contributed by atoms with Crippen molar-refractivity contribution in [3.63, 3.8) is 0 Å². The molecule has 0 heterocycles. The van der Waals surface area contributed by atoms with Gasteiger partial charge in [-0.25, -0.2) is 8.42 Å². The smallest absolute Gasteiger partial charge is 0.207 e. The Morgan fingerprint density at radius 1 is 1.22 bits per heavy atom. The van der Waals surface area contributed by atoms with Gasteiger partial charge in [-0.05, 0) is 44.5 Å². The van der Waals surface area contributed by atoms with E-state index in [4.69, 9.17) is 23.2 Å². The topological polar surface area (TPSA) is 37.4 Å². The highest BCUT2D eigenvalue weighted by Gasteiger charge is 2.26. The van der Waals surface area contributed by atoms with Gasteiger partial charge in [0.15, 0.2) is 0 Å². The number of nitrogens with zero attached hydrogens (tertiary/aromatic N) is 1. The van der Waals surface area contributed by atoms with Crippen molar-refractivity contribution in [2.24, 2.45) is 0 Å². The summed E-state index contributed by atoms with van der Waals surface area (Å²) in [6, 6.07) is 6.10. The monoisotopic (exact) mass is 309 g/mol. The largest absolute Gasteiger partial charge is 0.243 e. The highest BCUT2D eigenvalue weighted by atomic mass is 35.5. The zero-order chi connectivity index (χ0) is 13.8. The van der Waals surface area contributed by atoms with Gasteiger partial charge in [-0.3, -0.25) is 0 Å². The van der Waals surface area contributed by atoms with E-state index in [1.54, 1.807) is 12.1 Å². The minimum Gasteiger partial charge on any atom is -0.207 e. The fraction of sp³-hybridized carbons (Fsp3) is 0.500. The third-order valence-corrected chi connectivity index (χ3v) is 5.12. The van der Waals surface area contributed by atoms with Gasteiger partial charge < -0.3 is 0 Å². The number of hydrogen-bond acceptors (Lipinski definition) is 2. The Hall–Kier alpha value is -0.290. The summed E-state index contributed by atoms with van der Waals surface area (Å²) in [4.78, 5) is 0.259. The van der Waals surface area contributed by atoms with Crippen molar-refractivity contribution in [2.75, 3.05) is 12.4 Å². The normalized spacial score (nSPS) is 12.3. The van der Waals surface area contributed by atoms with E-state index in [1.807, 2.05) is 13.8 Å². The highest BCUT2D eigenvalue weighted by Crippen LogP contribution is 2.20. The van der Waals surface area contributed by atoms with Crippen LogP contribution in [0.1, 0.15) is 20.3 Å². The molecule has 0 fully saturated rings. The summed E-state index contributed by atoms with van der Waals surface area (Å²) >= 11 is 11.4. The van der Waals surface area contributed by atoms with Gasteiger partial charge >= 0.3 is 0 Å². The zero-order valence-corrected chi connectivity index (χ0v) is 12.8. The Labute approximate surface area is 119 Å². The Morgan fingerprint density at radius 3 is 2.22 bits per heavy atom. The Morgan fingerprint density at radius 2 is 1.78 bits per heavy atom. The molecule has 0 atom stereocenters. The number of alkyl halides is 1. The SMILES string of the molecule is CC(C)N(CCCCl)S(=O)(=O)c1ccc(Cl)cc1. The maximum Gasteiger partial charge on any atom is 0.243 e. The Kier molecular flexibility index (Phi) is 5.92. The minimum atomic E-state index is -3.47. The maximum atomic E-state index is 12.4. The molecule has 0 spiro atoms. The van der Waals surface area contributed by atoms with Crippen LogP contribution in [0.4, 0.5) is 0 Å². The van der Waals surface area contributed by atoms with Crippen molar-refractivity contribution in [3.8, 4) is 0 Å². The third kappa shape index (κ3) is 3.85. The van der Waals surface area contributed by atoms with E-state index < -0.39 is 10.0 Å². The molecule has 0 amide bonds. The second-order valence-electron chi connectivity index (χ2n) is 4.21. The average molecular weight is 310 g/mol. The first-order valence-corrected chi connectivity index (χ1v) is 8.08. The molecular formula is C12H17Cl2NO2S. The van der Waals surface area contributed by atoms with Crippen molar-refractivity contribution < 1.29 is 8.42 Å². The molecule has 0 bridgehead atoms. The lowest BCUT2D eigenvalue weighted by molar-refractivity contribution is 0.354. The van der Waals surface area contributed by atoms with Crippen LogP contribution >= 0.6 is 23.2 Å². The average Bonchev–Trinajstić information content (AvgIpc) is 2.29. The molecule has 0 aliphatic rings. The van der Waals surface area contributed by atoms with Crippen molar-refractivity contribution in [3.05, 3.63) is 29.3 Å². The lowest BCUT2D eigenvalue weighted by Gasteiger charge is -2.25. The summed E-state index contributed by atoms with van der Waals surface area (Å²) < 4.78 is 26.3. The highest BCUT2D eigenvalue weighted by molar-refractivity contribution is 7.89. The van der Waals surface area contributed by atoms with Crippen LogP contribution in [0.5, 0.6) is 0 Å². The second kappa shape index (κ2) is 6.75.